The molecular formula is C24H38N2O12. The molecule has 0 aliphatic carbocycles. The van der Waals surface area contributed by atoms with Crippen LogP contribution in [0.5, 0.6) is 0 Å². The molecule has 1 unspecified atom stereocenters. The molecule has 0 spiro atoms. The molecule has 14 nitrogen and oxygen atoms in total. The number of aromatic nitrogens is 2. The minimum absolute atomic E-state index is 0.0274. The molecule has 0 aliphatic rings. The zero-order chi connectivity index (χ0) is 28.7. The molecule has 14 heteroatoms. The molecule has 1 rings (SSSR count). The second-order valence-electron chi connectivity index (χ2n) is 9.02. The Labute approximate surface area is 219 Å². The van der Waals surface area contributed by atoms with E-state index in [-0.39, 0.29) is 70.1 Å². The molecular weight excluding hydrogens is 508 g/mol. The average molecular weight is 547 g/mol. The summed E-state index contributed by atoms with van der Waals surface area (Å²) in [5.74, 6) is -4.00. The fourth-order valence-corrected chi connectivity index (χ4v) is 3.82. The van der Waals surface area contributed by atoms with Crippen molar-refractivity contribution in [3.8, 4) is 0 Å². The van der Waals surface area contributed by atoms with Gasteiger partial charge in [-0.2, -0.15) is 0 Å². The number of ether oxygens (including phenoxy) is 1. The summed E-state index contributed by atoms with van der Waals surface area (Å²) in [4.78, 5) is 40.6. The van der Waals surface area contributed by atoms with Gasteiger partial charge in [0.2, 0.25) is 0 Å². The van der Waals surface area contributed by atoms with Crippen LogP contribution in [0.15, 0.2) is 12.4 Å². The van der Waals surface area contributed by atoms with Gasteiger partial charge < -0.3 is 45.6 Å². The first-order valence-electron chi connectivity index (χ1n) is 12.4. The summed E-state index contributed by atoms with van der Waals surface area (Å²) in [5, 5.41) is 77.6. The van der Waals surface area contributed by atoms with Crippen LogP contribution in [0.4, 0.5) is 0 Å². The monoisotopic (exact) mass is 546 g/mol. The summed E-state index contributed by atoms with van der Waals surface area (Å²) in [7, 11) is 0. The molecule has 8 N–H and O–H groups in total. The van der Waals surface area contributed by atoms with Crippen LogP contribution in [0.25, 0.3) is 0 Å². The van der Waals surface area contributed by atoms with Gasteiger partial charge in [-0.1, -0.05) is 0 Å². The maximum absolute atomic E-state index is 10.9. The smallest absolute Gasteiger partial charge is 0.303 e. The predicted molar refractivity (Wildman–Crippen MR) is 129 cm³/mol. The van der Waals surface area contributed by atoms with Gasteiger partial charge >= 0.3 is 17.9 Å². The van der Waals surface area contributed by atoms with Crippen LogP contribution < -0.4 is 0 Å². The summed E-state index contributed by atoms with van der Waals surface area (Å²) in [6, 6.07) is 0. The zero-order valence-corrected chi connectivity index (χ0v) is 21.0. The van der Waals surface area contributed by atoms with Gasteiger partial charge in [-0.15, -0.1) is 0 Å². The average Bonchev–Trinajstić information content (AvgIpc) is 2.85. The molecule has 1 aromatic heterocycles. The van der Waals surface area contributed by atoms with Crippen LogP contribution in [0.2, 0.25) is 0 Å². The van der Waals surface area contributed by atoms with Crippen molar-refractivity contribution in [2.75, 3.05) is 13.2 Å². The van der Waals surface area contributed by atoms with Crippen molar-refractivity contribution in [3.63, 3.8) is 0 Å². The fraction of sp³-hybridized carbons (Fsp3) is 0.708. The number of hydrogen-bond acceptors (Lipinski definition) is 11. The Morgan fingerprint density at radius 3 is 1.87 bits per heavy atom. The number of hydrogen-bond donors (Lipinski definition) is 8. The lowest BCUT2D eigenvalue weighted by molar-refractivity contribution is -0.138. The molecule has 0 fully saturated rings. The molecule has 1 heterocycles. The van der Waals surface area contributed by atoms with E-state index in [0.29, 0.717) is 5.69 Å². The van der Waals surface area contributed by atoms with Gasteiger partial charge in [-0.3, -0.25) is 24.4 Å². The number of aliphatic hydroxyl groups excluding tert-OH is 5. The highest BCUT2D eigenvalue weighted by atomic mass is 16.5. The topological polar surface area (TPSA) is 248 Å². The summed E-state index contributed by atoms with van der Waals surface area (Å²) in [6.07, 6.45) is -4.31. The quantitative estimate of drug-likeness (QED) is 0.0888. The summed E-state index contributed by atoms with van der Waals surface area (Å²) < 4.78 is 5.35. The highest BCUT2D eigenvalue weighted by molar-refractivity contribution is 5.67. The largest absolute Gasteiger partial charge is 0.481 e. The Morgan fingerprint density at radius 1 is 0.763 bits per heavy atom. The third-order valence-electron chi connectivity index (χ3n) is 5.95. The normalized spacial score (nSPS) is 16.2. The van der Waals surface area contributed by atoms with Gasteiger partial charge in [-0.05, 0) is 32.1 Å². The van der Waals surface area contributed by atoms with Crippen molar-refractivity contribution in [1.82, 2.24) is 9.97 Å². The summed E-state index contributed by atoms with van der Waals surface area (Å²) in [6.45, 7) is -0.482. The van der Waals surface area contributed by atoms with Crippen molar-refractivity contribution in [2.45, 2.75) is 94.2 Å². The Kier molecular flexibility index (Phi) is 15.5. The van der Waals surface area contributed by atoms with E-state index in [9.17, 15) is 39.9 Å². The molecule has 0 bridgehead atoms. The number of nitrogens with zero attached hydrogens (tertiary/aromatic N) is 2. The molecule has 0 amide bonds. The zero-order valence-electron chi connectivity index (χ0n) is 21.0. The van der Waals surface area contributed by atoms with Crippen molar-refractivity contribution in [2.24, 2.45) is 0 Å². The number of carboxylic acid groups (broad SMARTS) is 3. The highest BCUT2D eigenvalue weighted by Gasteiger charge is 2.33. The number of carbonyl (C=O) groups is 3. The first-order valence-corrected chi connectivity index (χ1v) is 12.4. The molecule has 0 aliphatic heterocycles. The first-order chi connectivity index (χ1) is 18.0. The molecule has 38 heavy (non-hydrogen) atoms. The molecule has 0 radical (unpaired) electrons. The van der Waals surface area contributed by atoms with Crippen molar-refractivity contribution >= 4 is 17.9 Å². The predicted octanol–water partition coefficient (Wildman–Crippen LogP) is -0.702. The van der Waals surface area contributed by atoms with Gasteiger partial charge in [-0.25, -0.2) is 0 Å². The Hall–Kier alpha value is -2.75. The maximum atomic E-state index is 10.9. The summed E-state index contributed by atoms with van der Waals surface area (Å²) in [5.41, 5.74) is 0.517. The third-order valence-corrected chi connectivity index (χ3v) is 5.95. The van der Waals surface area contributed by atoms with Crippen LogP contribution in [0, 0.1) is 0 Å². The van der Waals surface area contributed by atoms with E-state index < -0.39 is 61.0 Å². The van der Waals surface area contributed by atoms with Crippen LogP contribution >= 0.6 is 0 Å². The van der Waals surface area contributed by atoms with Crippen molar-refractivity contribution in [3.05, 3.63) is 23.8 Å². The maximum Gasteiger partial charge on any atom is 0.303 e. The molecule has 1 aromatic rings. The Bertz CT molecular complexity index is 853. The van der Waals surface area contributed by atoms with E-state index in [1.165, 1.54) is 12.4 Å². The standard InChI is InChI=1S/C24H38N2O12/c27-13-19(38-9-3-8-22(34)35)18(29)10-14-11-26-16(12-25-14)15(4-1-6-20(30)31)23(36)24(37)17(28)5-2-7-21(32)33/h11-12,15,17-19,23-24,27-29,36-37H,1-10,13H2,(H,30,31)(H,32,33)(H,34,35)/t15-,17?,18-,19-,23-,24-/m0/s1. The van der Waals surface area contributed by atoms with Crippen LogP contribution in [-0.2, 0) is 25.5 Å². The second-order valence-corrected chi connectivity index (χ2v) is 9.02. The van der Waals surface area contributed by atoms with Crippen molar-refractivity contribution < 1.29 is 60.0 Å². The van der Waals surface area contributed by atoms with Crippen LogP contribution in [-0.4, -0.2) is 112 Å². The van der Waals surface area contributed by atoms with E-state index in [2.05, 4.69) is 9.97 Å². The molecule has 0 saturated carbocycles. The van der Waals surface area contributed by atoms with Crippen molar-refractivity contribution in [1.29, 1.82) is 0 Å². The van der Waals surface area contributed by atoms with E-state index in [1.54, 1.807) is 0 Å². The SMILES string of the molecule is O=C(O)CCCO[C@@H](CO)[C@@H](O)Cc1cnc([C@H](CCCC(=O)O)[C@H](O)[C@@H](O)C(O)CCCC(=O)O)cn1. The molecule has 6 atom stereocenters. The van der Waals surface area contributed by atoms with Gasteiger partial charge in [0.1, 0.15) is 12.2 Å². The van der Waals surface area contributed by atoms with Crippen LogP contribution in [0.1, 0.15) is 68.7 Å². The lowest BCUT2D eigenvalue weighted by atomic mass is 9.87. The van der Waals surface area contributed by atoms with E-state index in [4.69, 9.17) is 20.1 Å². The lowest BCUT2D eigenvalue weighted by Crippen LogP contribution is -2.41. The lowest BCUT2D eigenvalue weighted by Gasteiger charge is -2.29. The molecule has 0 saturated heterocycles. The third kappa shape index (κ3) is 12.7. The summed E-state index contributed by atoms with van der Waals surface area (Å²) >= 11 is 0. The molecule has 216 valence electrons. The number of aliphatic carboxylic acids is 3. The fourth-order valence-electron chi connectivity index (χ4n) is 3.82. The van der Waals surface area contributed by atoms with Gasteiger partial charge in [0.15, 0.2) is 0 Å². The van der Waals surface area contributed by atoms with E-state index in [0.717, 1.165) is 0 Å². The Morgan fingerprint density at radius 2 is 1.34 bits per heavy atom. The van der Waals surface area contributed by atoms with E-state index in [1.807, 2.05) is 0 Å². The minimum atomic E-state index is -1.65. The number of rotatable bonds is 21. The number of aliphatic hydroxyl groups is 5. The first kappa shape index (κ1) is 33.3. The van der Waals surface area contributed by atoms with Gasteiger partial charge in [0, 0.05) is 50.6 Å². The Balaban J connectivity index is 2.88. The van der Waals surface area contributed by atoms with Crippen LogP contribution in [0.3, 0.4) is 0 Å². The second kappa shape index (κ2) is 17.7. The van der Waals surface area contributed by atoms with E-state index >= 15 is 0 Å². The highest BCUT2D eigenvalue weighted by Crippen LogP contribution is 2.28. The number of carboxylic acids is 3. The van der Waals surface area contributed by atoms with Gasteiger partial charge in [0.05, 0.1) is 36.3 Å². The van der Waals surface area contributed by atoms with Gasteiger partial charge in [0.25, 0.3) is 0 Å². The minimum Gasteiger partial charge on any atom is -0.481 e. The molecule has 0 aromatic carbocycles.